The quantitative estimate of drug-likeness (QED) is 0.493. The van der Waals surface area contributed by atoms with Crippen LogP contribution in [0.4, 0.5) is 10.5 Å². The molecule has 0 aliphatic carbocycles. The first-order valence-corrected chi connectivity index (χ1v) is 10.9. The van der Waals surface area contributed by atoms with Gasteiger partial charge in [-0.15, -0.1) is 0 Å². The lowest BCUT2D eigenvalue weighted by Gasteiger charge is -2.28. The molecule has 2 rings (SSSR count). The van der Waals surface area contributed by atoms with Crippen LogP contribution in [0.25, 0.3) is 0 Å². The van der Waals surface area contributed by atoms with Gasteiger partial charge in [0.1, 0.15) is 6.61 Å². The van der Waals surface area contributed by atoms with Gasteiger partial charge in [-0.3, -0.25) is 14.9 Å². The van der Waals surface area contributed by atoms with Gasteiger partial charge in [0.2, 0.25) is 11.8 Å². The molecule has 32 heavy (non-hydrogen) atoms. The molecule has 3 N–H and O–H groups in total. The smallest absolute Gasteiger partial charge is 0.411 e. The zero-order valence-electron chi connectivity index (χ0n) is 18.7. The van der Waals surface area contributed by atoms with Gasteiger partial charge in [0.15, 0.2) is 0 Å². The molecule has 0 heterocycles. The maximum absolute atomic E-state index is 13.0. The summed E-state index contributed by atoms with van der Waals surface area (Å²) in [6.45, 7) is 5.51. The molecule has 8 heteroatoms. The number of rotatable bonds is 10. The minimum absolute atomic E-state index is 0.153. The number of hydrogen-bond acceptors (Lipinski definition) is 4. The maximum Gasteiger partial charge on any atom is 0.411 e. The predicted molar refractivity (Wildman–Crippen MR) is 125 cm³/mol. The molecule has 0 aliphatic heterocycles. The Morgan fingerprint density at radius 1 is 1.03 bits per heavy atom. The van der Waals surface area contributed by atoms with Crippen molar-refractivity contribution in [2.24, 2.45) is 5.41 Å². The van der Waals surface area contributed by atoms with Crippen molar-refractivity contribution >= 4 is 35.2 Å². The van der Waals surface area contributed by atoms with Crippen LogP contribution in [0.15, 0.2) is 48.5 Å². The molecule has 0 spiro atoms. The number of aryl methyl sites for hydroxylation is 1. The van der Waals surface area contributed by atoms with Crippen molar-refractivity contribution in [2.75, 3.05) is 18.5 Å². The topological polar surface area (TPSA) is 96.5 Å². The Morgan fingerprint density at radius 2 is 1.72 bits per heavy atom. The van der Waals surface area contributed by atoms with E-state index in [-0.39, 0.29) is 31.5 Å². The summed E-state index contributed by atoms with van der Waals surface area (Å²) < 4.78 is 5.37. The predicted octanol–water partition coefficient (Wildman–Crippen LogP) is 4.30. The van der Waals surface area contributed by atoms with E-state index in [1.807, 2.05) is 30.3 Å². The van der Waals surface area contributed by atoms with Crippen LogP contribution < -0.4 is 16.0 Å². The van der Waals surface area contributed by atoms with Gasteiger partial charge in [0, 0.05) is 30.7 Å². The maximum atomic E-state index is 13.0. The molecular formula is C24H30ClN3O4. The summed E-state index contributed by atoms with van der Waals surface area (Å²) in [4.78, 5) is 36.5. The third kappa shape index (κ3) is 7.89. The average Bonchev–Trinajstić information content (AvgIpc) is 2.77. The molecule has 0 radical (unpaired) electrons. The van der Waals surface area contributed by atoms with E-state index in [0.29, 0.717) is 17.1 Å². The summed E-state index contributed by atoms with van der Waals surface area (Å²) in [5.74, 6) is -0.499. The van der Waals surface area contributed by atoms with Crippen molar-refractivity contribution in [3.05, 3.63) is 64.7 Å². The molecule has 1 unspecified atom stereocenters. The lowest BCUT2D eigenvalue weighted by Crippen LogP contribution is -2.44. The van der Waals surface area contributed by atoms with Crippen LogP contribution in [0, 0.1) is 5.41 Å². The van der Waals surface area contributed by atoms with Crippen LogP contribution in [0.1, 0.15) is 38.3 Å². The Morgan fingerprint density at radius 3 is 2.34 bits per heavy atom. The van der Waals surface area contributed by atoms with Crippen molar-refractivity contribution in [3.8, 4) is 0 Å². The first-order chi connectivity index (χ1) is 15.2. The highest BCUT2D eigenvalue weighted by Gasteiger charge is 2.34. The molecule has 0 bridgehead atoms. The lowest BCUT2D eigenvalue weighted by molar-refractivity contribution is -0.133. The molecule has 3 amide bonds. The third-order valence-corrected chi connectivity index (χ3v) is 5.50. The van der Waals surface area contributed by atoms with Gasteiger partial charge in [-0.2, -0.15) is 0 Å². The van der Waals surface area contributed by atoms with Gasteiger partial charge in [0.25, 0.3) is 0 Å². The summed E-state index contributed by atoms with van der Waals surface area (Å²) in [6.07, 6.45) is 0.541. The highest BCUT2D eigenvalue weighted by molar-refractivity contribution is 6.31. The minimum Gasteiger partial charge on any atom is -0.448 e. The van der Waals surface area contributed by atoms with Gasteiger partial charge in [-0.25, -0.2) is 4.79 Å². The minimum atomic E-state index is -1.05. The van der Waals surface area contributed by atoms with E-state index in [0.717, 1.165) is 17.5 Å². The van der Waals surface area contributed by atoms with E-state index in [4.69, 9.17) is 16.3 Å². The summed E-state index contributed by atoms with van der Waals surface area (Å²) in [5, 5.41) is 8.76. The molecule has 0 saturated heterocycles. The van der Waals surface area contributed by atoms with Crippen molar-refractivity contribution < 1.29 is 19.1 Å². The van der Waals surface area contributed by atoms with E-state index >= 15 is 0 Å². The van der Waals surface area contributed by atoms with Gasteiger partial charge < -0.3 is 15.4 Å². The second-order valence-corrected chi connectivity index (χ2v) is 8.23. The van der Waals surface area contributed by atoms with E-state index in [1.54, 1.807) is 25.1 Å². The van der Waals surface area contributed by atoms with Crippen LogP contribution in [0.3, 0.4) is 0 Å². The lowest BCUT2D eigenvalue weighted by atomic mass is 9.86. The van der Waals surface area contributed by atoms with Crippen LogP contribution in [0.5, 0.6) is 0 Å². The number of halogens is 1. The van der Waals surface area contributed by atoms with Gasteiger partial charge in [0.05, 0.1) is 5.41 Å². The van der Waals surface area contributed by atoms with Gasteiger partial charge in [-0.05, 0) is 49.1 Å². The van der Waals surface area contributed by atoms with Gasteiger partial charge in [-0.1, -0.05) is 48.9 Å². The normalized spacial score (nSPS) is 12.4. The molecule has 2 aromatic carbocycles. The zero-order chi connectivity index (χ0) is 23.6. The Balaban J connectivity index is 1.99. The Kier molecular flexibility index (Phi) is 9.53. The fourth-order valence-electron chi connectivity index (χ4n) is 3.00. The number of benzene rings is 2. The number of anilines is 1. The largest absolute Gasteiger partial charge is 0.448 e. The SMILES string of the molecule is CCc1ccc(NC(=O)OCC(C)(CCNC(C)=O)C(=O)NCc2ccccc2Cl)cc1. The fourth-order valence-corrected chi connectivity index (χ4v) is 3.20. The van der Waals surface area contributed by atoms with E-state index in [1.165, 1.54) is 6.92 Å². The average molecular weight is 460 g/mol. The monoisotopic (exact) mass is 459 g/mol. The third-order valence-electron chi connectivity index (χ3n) is 5.13. The number of carbonyl (C=O) groups excluding carboxylic acids is 3. The van der Waals surface area contributed by atoms with Crippen molar-refractivity contribution in [3.63, 3.8) is 0 Å². The molecule has 172 valence electrons. The summed E-state index contributed by atoms with van der Waals surface area (Å²) in [5.41, 5.74) is 1.49. The molecule has 7 nitrogen and oxygen atoms in total. The van der Waals surface area contributed by atoms with Crippen LogP contribution >= 0.6 is 11.6 Å². The van der Waals surface area contributed by atoms with Crippen molar-refractivity contribution in [1.29, 1.82) is 0 Å². The van der Waals surface area contributed by atoms with Crippen LogP contribution in [-0.4, -0.2) is 31.1 Å². The summed E-state index contributed by atoms with van der Waals surface area (Å²) in [6, 6.07) is 14.7. The van der Waals surface area contributed by atoms with Crippen LogP contribution in [-0.2, 0) is 27.3 Å². The number of hydrogen-bond donors (Lipinski definition) is 3. The number of nitrogens with one attached hydrogen (secondary N) is 3. The van der Waals surface area contributed by atoms with Gasteiger partial charge >= 0.3 is 6.09 Å². The zero-order valence-corrected chi connectivity index (χ0v) is 19.4. The molecular weight excluding hydrogens is 430 g/mol. The van der Waals surface area contributed by atoms with E-state index < -0.39 is 11.5 Å². The molecule has 0 saturated carbocycles. The molecule has 0 aromatic heterocycles. The molecule has 0 aliphatic rings. The molecule has 0 fully saturated rings. The van der Waals surface area contributed by atoms with Crippen molar-refractivity contribution in [1.82, 2.24) is 10.6 Å². The second-order valence-electron chi connectivity index (χ2n) is 7.82. The highest BCUT2D eigenvalue weighted by atomic mass is 35.5. The van der Waals surface area contributed by atoms with E-state index in [9.17, 15) is 14.4 Å². The number of amides is 3. The standard InChI is InChI=1S/C24H30ClN3O4/c1-4-18-9-11-20(12-10-18)28-23(31)32-16-24(3,13-14-26-17(2)29)22(30)27-15-19-7-5-6-8-21(19)25/h5-12H,4,13-16H2,1-3H3,(H,26,29)(H,27,30)(H,28,31). The summed E-state index contributed by atoms with van der Waals surface area (Å²) in [7, 11) is 0. The van der Waals surface area contributed by atoms with Crippen LogP contribution in [0.2, 0.25) is 5.02 Å². The Bertz CT molecular complexity index is 933. The van der Waals surface area contributed by atoms with E-state index in [2.05, 4.69) is 22.9 Å². The summed E-state index contributed by atoms with van der Waals surface area (Å²) >= 11 is 6.16. The Hall–Kier alpha value is -3.06. The Labute approximate surface area is 193 Å². The first kappa shape index (κ1) is 25.2. The number of carbonyl (C=O) groups is 3. The highest BCUT2D eigenvalue weighted by Crippen LogP contribution is 2.23. The molecule has 1 atom stereocenters. The number of ether oxygens (including phenoxy) is 1. The fraction of sp³-hybridized carbons (Fsp3) is 0.375. The second kappa shape index (κ2) is 12.1. The molecule has 2 aromatic rings. The van der Waals surface area contributed by atoms with Crippen molar-refractivity contribution in [2.45, 2.75) is 40.2 Å². The first-order valence-electron chi connectivity index (χ1n) is 10.5.